The number of fused-ring (bicyclic) bond motifs is 1. The maximum absolute atomic E-state index is 11.3. The molecule has 1 unspecified atom stereocenters. The average Bonchev–Trinajstić information content (AvgIpc) is 2.29. The highest BCUT2D eigenvalue weighted by molar-refractivity contribution is 5.70. The Balaban J connectivity index is 1.95. The molecule has 0 aliphatic carbocycles. The van der Waals surface area contributed by atoms with E-state index < -0.39 is 0 Å². The molecule has 1 heterocycles. The normalized spacial score (nSPS) is 18.4. The Kier molecular flexibility index (Phi) is 3.44. The Morgan fingerprint density at radius 2 is 2.31 bits per heavy atom. The van der Waals surface area contributed by atoms with Crippen LogP contribution in [0.25, 0.3) is 0 Å². The summed E-state index contributed by atoms with van der Waals surface area (Å²) in [5.74, 6) is 0.731. The zero-order valence-corrected chi connectivity index (χ0v) is 9.44. The number of rotatable bonds is 3. The molecular weight excluding hydrogens is 204 g/mol. The molecule has 0 N–H and O–H groups in total. The van der Waals surface area contributed by atoms with Gasteiger partial charge in [-0.05, 0) is 31.4 Å². The van der Waals surface area contributed by atoms with Crippen LogP contribution in [0.15, 0.2) is 24.3 Å². The molecule has 0 fully saturated rings. The molecule has 0 saturated carbocycles. The Morgan fingerprint density at radius 1 is 1.50 bits per heavy atom. The van der Waals surface area contributed by atoms with Crippen LogP contribution in [0, 0.1) is 0 Å². The van der Waals surface area contributed by atoms with Crippen LogP contribution in [-0.2, 0) is 16.0 Å². The van der Waals surface area contributed by atoms with E-state index in [0.717, 1.165) is 18.6 Å². The zero-order valence-electron chi connectivity index (χ0n) is 9.44. The number of hydrogen-bond acceptors (Lipinski definition) is 3. The van der Waals surface area contributed by atoms with Gasteiger partial charge >= 0.3 is 5.97 Å². The summed E-state index contributed by atoms with van der Waals surface area (Å²) in [6, 6.07) is 7.97. The number of para-hydroxylation sites is 1. The fourth-order valence-corrected chi connectivity index (χ4v) is 1.93. The van der Waals surface area contributed by atoms with E-state index in [0.29, 0.717) is 13.0 Å². The molecule has 0 aromatic heterocycles. The van der Waals surface area contributed by atoms with Crippen LogP contribution < -0.4 is 4.74 Å². The maximum atomic E-state index is 11.3. The van der Waals surface area contributed by atoms with E-state index in [9.17, 15) is 4.79 Å². The molecule has 3 nitrogen and oxygen atoms in total. The van der Waals surface area contributed by atoms with Crippen LogP contribution in [0.2, 0.25) is 0 Å². The molecule has 1 aromatic rings. The van der Waals surface area contributed by atoms with Crippen molar-refractivity contribution in [3.63, 3.8) is 0 Å². The van der Waals surface area contributed by atoms with E-state index in [1.807, 2.05) is 25.1 Å². The second kappa shape index (κ2) is 5.01. The summed E-state index contributed by atoms with van der Waals surface area (Å²) in [5, 5.41) is 0. The molecular formula is C13H16O3. The number of aryl methyl sites for hydroxylation is 1. The van der Waals surface area contributed by atoms with Gasteiger partial charge in [0.2, 0.25) is 0 Å². The van der Waals surface area contributed by atoms with Gasteiger partial charge in [0.15, 0.2) is 0 Å². The lowest BCUT2D eigenvalue weighted by molar-refractivity contribution is -0.145. The van der Waals surface area contributed by atoms with Crippen molar-refractivity contribution in [3.8, 4) is 5.75 Å². The molecule has 1 atom stereocenters. The number of ether oxygens (including phenoxy) is 2. The molecule has 0 radical (unpaired) electrons. The van der Waals surface area contributed by atoms with Gasteiger partial charge in [0.1, 0.15) is 11.9 Å². The lowest BCUT2D eigenvalue weighted by atomic mass is 10.0. The van der Waals surface area contributed by atoms with Gasteiger partial charge in [-0.25, -0.2) is 0 Å². The third-order valence-corrected chi connectivity index (χ3v) is 2.70. The highest BCUT2D eigenvalue weighted by Gasteiger charge is 2.22. The fourth-order valence-electron chi connectivity index (χ4n) is 1.93. The number of esters is 1. The number of carbonyl (C=O) groups excluding carboxylic acids is 1. The zero-order chi connectivity index (χ0) is 11.4. The predicted molar refractivity (Wildman–Crippen MR) is 60.4 cm³/mol. The van der Waals surface area contributed by atoms with Crippen LogP contribution in [0.5, 0.6) is 5.75 Å². The van der Waals surface area contributed by atoms with E-state index in [2.05, 4.69) is 6.07 Å². The molecule has 86 valence electrons. The first-order valence-corrected chi connectivity index (χ1v) is 5.69. The Bertz CT molecular complexity index is 373. The van der Waals surface area contributed by atoms with Crippen molar-refractivity contribution in [3.05, 3.63) is 29.8 Å². The molecule has 2 rings (SSSR count). The highest BCUT2D eigenvalue weighted by Crippen LogP contribution is 2.28. The minimum absolute atomic E-state index is 0.0334. The smallest absolute Gasteiger partial charge is 0.309 e. The molecule has 3 heteroatoms. The van der Waals surface area contributed by atoms with Crippen molar-refractivity contribution < 1.29 is 14.3 Å². The van der Waals surface area contributed by atoms with Crippen LogP contribution in [0.4, 0.5) is 0 Å². The van der Waals surface area contributed by atoms with Crippen molar-refractivity contribution in [2.45, 2.75) is 32.3 Å². The van der Waals surface area contributed by atoms with E-state index in [4.69, 9.17) is 9.47 Å². The molecule has 1 aromatic carbocycles. The van der Waals surface area contributed by atoms with Gasteiger partial charge in [-0.1, -0.05) is 18.2 Å². The van der Waals surface area contributed by atoms with Crippen LogP contribution in [0.1, 0.15) is 25.3 Å². The van der Waals surface area contributed by atoms with Gasteiger partial charge in [-0.3, -0.25) is 4.79 Å². The minimum atomic E-state index is -0.174. The Hall–Kier alpha value is -1.51. The molecule has 0 spiro atoms. The summed E-state index contributed by atoms with van der Waals surface area (Å²) in [4.78, 5) is 11.3. The fraction of sp³-hybridized carbons (Fsp3) is 0.462. The number of carbonyl (C=O) groups is 1. The van der Waals surface area contributed by atoms with E-state index in [-0.39, 0.29) is 12.1 Å². The lowest BCUT2D eigenvalue weighted by Crippen LogP contribution is -2.26. The van der Waals surface area contributed by atoms with E-state index >= 15 is 0 Å². The Labute approximate surface area is 95.4 Å². The van der Waals surface area contributed by atoms with Gasteiger partial charge in [0.05, 0.1) is 13.0 Å². The molecule has 16 heavy (non-hydrogen) atoms. The predicted octanol–water partition coefficient (Wildman–Crippen LogP) is 2.33. The third-order valence-electron chi connectivity index (χ3n) is 2.70. The van der Waals surface area contributed by atoms with Gasteiger partial charge in [0, 0.05) is 0 Å². The quantitative estimate of drug-likeness (QED) is 0.733. The lowest BCUT2D eigenvalue weighted by Gasteiger charge is -2.25. The van der Waals surface area contributed by atoms with Crippen molar-refractivity contribution in [1.29, 1.82) is 0 Å². The summed E-state index contributed by atoms with van der Waals surface area (Å²) < 4.78 is 10.7. The maximum Gasteiger partial charge on any atom is 0.309 e. The summed E-state index contributed by atoms with van der Waals surface area (Å²) in [6.07, 6.45) is 2.17. The molecule has 0 amide bonds. The van der Waals surface area contributed by atoms with Crippen molar-refractivity contribution in [2.24, 2.45) is 0 Å². The van der Waals surface area contributed by atoms with Gasteiger partial charge < -0.3 is 9.47 Å². The molecule has 0 saturated heterocycles. The minimum Gasteiger partial charge on any atom is -0.490 e. The first kappa shape index (κ1) is 11.0. The Morgan fingerprint density at radius 3 is 3.12 bits per heavy atom. The van der Waals surface area contributed by atoms with Gasteiger partial charge in [-0.2, -0.15) is 0 Å². The van der Waals surface area contributed by atoms with Crippen molar-refractivity contribution in [2.75, 3.05) is 6.61 Å². The SMILES string of the molecule is CCOC(=O)CC1CCc2ccccc2O1. The number of benzene rings is 1. The van der Waals surface area contributed by atoms with Crippen molar-refractivity contribution in [1.82, 2.24) is 0 Å². The molecule has 0 bridgehead atoms. The highest BCUT2D eigenvalue weighted by atomic mass is 16.5. The van der Waals surface area contributed by atoms with E-state index in [1.165, 1.54) is 5.56 Å². The first-order chi connectivity index (χ1) is 7.79. The van der Waals surface area contributed by atoms with Crippen molar-refractivity contribution >= 4 is 5.97 Å². The monoisotopic (exact) mass is 220 g/mol. The summed E-state index contributed by atoms with van der Waals surface area (Å²) >= 11 is 0. The average molecular weight is 220 g/mol. The second-order valence-corrected chi connectivity index (χ2v) is 3.90. The number of hydrogen-bond donors (Lipinski definition) is 0. The first-order valence-electron chi connectivity index (χ1n) is 5.69. The topological polar surface area (TPSA) is 35.5 Å². The summed E-state index contributed by atoms with van der Waals surface area (Å²) in [5.41, 5.74) is 1.22. The van der Waals surface area contributed by atoms with Gasteiger partial charge in [0.25, 0.3) is 0 Å². The van der Waals surface area contributed by atoms with Crippen LogP contribution in [-0.4, -0.2) is 18.7 Å². The van der Waals surface area contributed by atoms with Crippen LogP contribution >= 0.6 is 0 Å². The molecule has 1 aliphatic heterocycles. The molecule has 1 aliphatic rings. The summed E-state index contributed by atoms with van der Waals surface area (Å²) in [6.45, 7) is 2.25. The third kappa shape index (κ3) is 2.54. The van der Waals surface area contributed by atoms with Gasteiger partial charge in [-0.15, -0.1) is 0 Å². The van der Waals surface area contributed by atoms with E-state index in [1.54, 1.807) is 0 Å². The standard InChI is InChI=1S/C13H16O3/c1-2-15-13(14)9-11-8-7-10-5-3-4-6-12(10)16-11/h3-6,11H,2,7-9H2,1H3. The largest absolute Gasteiger partial charge is 0.490 e. The second-order valence-electron chi connectivity index (χ2n) is 3.90. The summed E-state index contributed by atoms with van der Waals surface area (Å²) in [7, 11) is 0. The van der Waals surface area contributed by atoms with Crippen LogP contribution in [0.3, 0.4) is 0 Å².